The van der Waals surface area contributed by atoms with Crippen LogP contribution in [0.2, 0.25) is 0 Å². The Morgan fingerprint density at radius 2 is 1.90 bits per heavy atom. The summed E-state index contributed by atoms with van der Waals surface area (Å²) in [5.41, 5.74) is 0.348. The molecule has 1 aliphatic rings. The number of nitrogens with one attached hydrogen (secondary N) is 1. The predicted molar refractivity (Wildman–Crippen MR) is 82.9 cm³/mol. The summed E-state index contributed by atoms with van der Waals surface area (Å²) in [5.74, 6) is 2.10. The number of benzene rings is 1. The van der Waals surface area contributed by atoms with Crippen LogP contribution < -0.4 is 14.8 Å². The first-order chi connectivity index (χ1) is 9.91. The van der Waals surface area contributed by atoms with Crippen LogP contribution >= 0.6 is 0 Å². The highest BCUT2D eigenvalue weighted by atomic mass is 16.6. The SMILES string of the molecule is CC(C)CCNC(=O)C(C)(C)c1ccc2c(c1)OCCO2. The Kier molecular flexibility index (Phi) is 4.76. The van der Waals surface area contributed by atoms with Gasteiger partial charge < -0.3 is 14.8 Å². The van der Waals surface area contributed by atoms with Crippen molar-refractivity contribution in [1.82, 2.24) is 5.32 Å². The molecule has 1 amide bonds. The van der Waals surface area contributed by atoms with Gasteiger partial charge in [-0.15, -0.1) is 0 Å². The summed E-state index contributed by atoms with van der Waals surface area (Å²) in [6, 6.07) is 5.74. The van der Waals surface area contributed by atoms with Gasteiger partial charge in [0.15, 0.2) is 11.5 Å². The molecule has 0 radical (unpaired) electrons. The van der Waals surface area contributed by atoms with E-state index in [0.29, 0.717) is 25.7 Å². The Morgan fingerprint density at radius 1 is 1.24 bits per heavy atom. The first-order valence-corrected chi connectivity index (χ1v) is 7.59. The molecular weight excluding hydrogens is 266 g/mol. The van der Waals surface area contributed by atoms with Gasteiger partial charge in [0.1, 0.15) is 13.2 Å². The molecule has 1 aliphatic heterocycles. The lowest BCUT2D eigenvalue weighted by Crippen LogP contribution is -2.40. The minimum Gasteiger partial charge on any atom is -0.486 e. The normalized spacial score (nSPS) is 14.1. The van der Waals surface area contributed by atoms with Crippen molar-refractivity contribution >= 4 is 5.91 Å². The van der Waals surface area contributed by atoms with Gasteiger partial charge in [0.05, 0.1) is 5.41 Å². The number of ether oxygens (including phenoxy) is 2. The van der Waals surface area contributed by atoms with Gasteiger partial charge >= 0.3 is 0 Å². The zero-order valence-corrected chi connectivity index (χ0v) is 13.4. The van der Waals surface area contributed by atoms with Crippen molar-refractivity contribution in [3.63, 3.8) is 0 Å². The highest BCUT2D eigenvalue weighted by Crippen LogP contribution is 2.35. The van der Waals surface area contributed by atoms with Crippen LogP contribution in [0, 0.1) is 5.92 Å². The van der Waals surface area contributed by atoms with Crippen molar-refractivity contribution in [2.75, 3.05) is 19.8 Å². The molecule has 0 bridgehead atoms. The predicted octanol–water partition coefficient (Wildman–Crippen LogP) is 2.90. The third kappa shape index (κ3) is 3.69. The van der Waals surface area contributed by atoms with Gasteiger partial charge in [-0.2, -0.15) is 0 Å². The maximum absolute atomic E-state index is 12.4. The largest absolute Gasteiger partial charge is 0.486 e. The van der Waals surface area contributed by atoms with Crippen LogP contribution in [-0.2, 0) is 10.2 Å². The summed E-state index contributed by atoms with van der Waals surface area (Å²) in [7, 11) is 0. The Morgan fingerprint density at radius 3 is 2.57 bits per heavy atom. The molecule has 0 aliphatic carbocycles. The fourth-order valence-electron chi connectivity index (χ4n) is 2.26. The number of hydrogen-bond donors (Lipinski definition) is 1. The molecule has 1 heterocycles. The molecule has 1 aromatic rings. The average Bonchev–Trinajstić information content (AvgIpc) is 2.46. The maximum Gasteiger partial charge on any atom is 0.230 e. The summed E-state index contributed by atoms with van der Waals surface area (Å²) in [6.07, 6.45) is 0.989. The molecule has 1 aromatic carbocycles. The van der Waals surface area contributed by atoms with Crippen LogP contribution in [0.3, 0.4) is 0 Å². The van der Waals surface area contributed by atoms with Crippen molar-refractivity contribution in [1.29, 1.82) is 0 Å². The monoisotopic (exact) mass is 291 g/mol. The lowest BCUT2D eigenvalue weighted by molar-refractivity contribution is -0.125. The number of hydrogen-bond acceptors (Lipinski definition) is 3. The van der Waals surface area contributed by atoms with Crippen molar-refractivity contribution in [2.45, 2.75) is 39.5 Å². The van der Waals surface area contributed by atoms with E-state index in [9.17, 15) is 4.79 Å². The van der Waals surface area contributed by atoms with E-state index in [1.165, 1.54) is 0 Å². The molecule has 0 saturated heterocycles. The molecule has 0 saturated carbocycles. The summed E-state index contributed by atoms with van der Waals surface area (Å²) in [6.45, 7) is 10.0. The Labute approximate surface area is 126 Å². The van der Waals surface area contributed by atoms with Crippen LogP contribution in [0.5, 0.6) is 11.5 Å². The second kappa shape index (κ2) is 6.37. The highest BCUT2D eigenvalue weighted by Gasteiger charge is 2.30. The van der Waals surface area contributed by atoms with Gasteiger partial charge in [-0.1, -0.05) is 19.9 Å². The summed E-state index contributed by atoms with van der Waals surface area (Å²) >= 11 is 0. The molecule has 4 heteroatoms. The first kappa shape index (κ1) is 15.7. The second-order valence-corrected chi connectivity index (χ2v) is 6.42. The first-order valence-electron chi connectivity index (χ1n) is 7.59. The van der Waals surface area contributed by atoms with E-state index < -0.39 is 5.41 Å². The average molecular weight is 291 g/mol. The van der Waals surface area contributed by atoms with Gasteiger partial charge in [0.25, 0.3) is 0 Å². The fourth-order valence-corrected chi connectivity index (χ4v) is 2.26. The molecular formula is C17H25NO3. The molecule has 1 N–H and O–H groups in total. The molecule has 0 spiro atoms. The Hall–Kier alpha value is -1.71. The van der Waals surface area contributed by atoms with Gasteiger partial charge in [-0.25, -0.2) is 0 Å². The quantitative estimate of drug-likeness (QED) is 0.907. The third-order valence-electron chi connectivity index (χ3n) is 3.84. The summed E-state index contributed by atoms with van der Waals surface area (Å²) < 4.78 is 11.1. The van der Waals surface area contributed by atoms with Gasteiger partial charge in [0, 0.05) is 6.54 Å². The molecule has 21 heavy (non-hydrogen) atoms. The topological polar surface area (TPSA) is 47.6 Å². The summed E-state index contributed by atoms with van der Waals surface area (Å²) in [5, 5.41) is 3.02. The third-order valence-corrected chi connectivity index (χ3v) is 3.84. The lowest BCUT2D eigenvalue weighted by atomic mass is 9.83. The molecule has 116 valence electrons. The second-order valence-electron chi connectivity index (χ2n) is 6.42. The minimum absolute atomic E-state index is 0.0415. The smallest absolute Gasteiger partial charge is 0.230 e. The van der Waals surface area contributed by atoms with Crippen LogP contribution in [0.4, 0.5) is 0 Å². The molecule has 0 fully saturated rings. The van der Waals surface area contributed by atoms with Crippen LogP contribution in [-0.4, -0.2) is 25.7 Å². The van der Waals surface area contributed by atoms with Gasteiger partial charge in [-0.3, -0.25) is 4.79 Å². The molecule has 4 nitrogen and oxygen atoms in total. The van der Waals surface area contributed by atoms with Gasteiger partial charge in [-0.05, 0) is 43.9 Å². The number of rotatable bonds is 5. The zero-order chi connectivity index (χ0) is 15.5. The maximum atomic E-state index is 12.4. The van der Waals surface area contributed by atoms with E-state index in [1.807, 2.05) is 32.0 Å². The van der Waals surface area contributed by atoms with E-state index in [0.717, 1.165) is 23.5 Å². The van der Waals surface area contributed by atoms with E-state index in [-0.39, 0.29) is 5.91 Å². The number of carbonyl (C=O) groups excluding carboxylic acids is 1. The Balaban J connectivity index is 2.09. The van der Waals surface area contributed by atoms with E-state index >= 15 is 0 Å². The van der Waals surface area contributed by atoms with Crippen molar-refractivity contribution in [3.8, 4) is 11.5 Å². The molecule has 0 atom stereocenters. The Bertz CT molecular complexity index is 509. The van der Waals surface area contributed by atoms with Crippen molar-refractivity contribution < 1.29 is 14.3 Å². The van der Waals surface area contributed by atoms with Crippen LogP contribution in [0.15, 0.2) is 18.2 Å². The van der Waals surface area contributed by atoms with E-state index in [4.69, 9.17) is 9.47 Å². The van der Waals surface area contributed by atoms with Gasteiger partial charge in [0.2, 0.25) is 5.91 Å². The minimum atomic E-state index is -0.590. The fraction of sp³-hybridized carbons (Fsp3) is 0.588. The number of fused-ring (bicyclic) bond motifs is 1. The number of amides is 1. The van der Waals surface area contributed by atoms with E-state index in [2.05, 4.69) is 19.2 Å². The molecule has 0 unspecified atom stereocenters. The van der Waals surface area contributed by atoms with Crippen molar-refractivity contribution in [3.05, 3.63) is 23.8 Å². The molecule has 0 aromatic heterocycles. The molecule has 2 rings (SSSR count). The number of carbonyl (C=O) groups is 1. The van der Waals surface area contributed by atoms with Crippen LogP contribution in [0.25, 0.3) is 0 Å². The standard InChI is InChI=1S/C17H25NO3/c1-12(2)7-8-18-16(19)17(3,4)13-5-6-14-15(11-13)21-10-9-20-14/h5-6,11-12H,7-10H2,1-4H3,(H,18,19). The van der Waals surface area contributed by atoms with E-state index in [1.54, 1.807) is 0 Å². The lowest BCUT2D eigenvalue weighted by Gasteiger charge is -2.26. The van der Waals surface area contributed by atoms with Crippen molar-refractivity contribution in [2.24, 2.45) is 5.92 Å². The highest BCUT2D eigenvalue weighted by molar-refractivity contribution is 5.87. The zero-order valence-electron chi connectivity index (χ0n) is 13.4. The summed E-state index contributed by atoms with van der Waals surface area (Å²) in [4.78, 5) is 12.4. The van der Waals surface area contributed by atoms with Crippen LogP contribution in [0.1, 0.15) is 39.7 Å².